The molecular formula is C12H20F3N. The molecule has 2 N–H and O–H groups in total. The molecule has 3 atom stereocenters. The minimum absolute atomic E-state index is 0.00218. The van der Waals surface area contributed by atoms with Crippen LogP contribution in [0.3, 0.4) is 0 Å². The van der Waals surface area contributed by atoms with Crippen LogP contribution in [0.1, 0.15) is 44.9 Å². The summed E-state index contributed by atoms with van der Waals surface area (Å²) in [6.07, 6.45) is 1.51. The van der Waals surface area contributed by atoms with Crippen LogP contribution in [-0.2, 0) is 0 Å². The molecule has 16 heavy (non-hydrogen) atoms. The van der Waals surface area contributed by atoms with Gasteiger partial charge in [-0.3, -0.25) is 0 Å². The van der Waals surface area contributed by atoms with Crippen molar-refractivity contribution in [3.8, 4) is 0 Å². The molecule has 2 rings (SSSR count). The second kappa shape index (κ2) is 4.55. The molecule has 0 heterocycles. The van der Waals surface area contributed by atoms with Gasteiger partial charge in [-0.05, 0) is 37.5 Å². The molecule has 4 heteroatoms. The van der Waals surface area contributed by atoms with Crippen LogP contribution in [0.5, 0.6) is 0 Å². The zero-order valence-corrected chi connectivity index (χ0v) is 9.47. The largest absolute Gasteiger partial charge is 0.391 e. The molecule has 1 nitrogen and oxygen atoms in total. The molecule has 3 unspecified atom stereocenters. The van der Waals surface area contributed by atoms with Crippen molar-refractivity contribution in [1.82, 2.24) is 0 Å². The zero-order chi connectivity index (χ0) is 11.8. The highest BCUT2D eigenvalue weighted by Gasteiger charge is 2.43. The topological polar surface area (TPSA) is 26.0 Å². The summed E-state index contributed by atoms with van der Waals surface area (Å²) in [5, 5.41) is 0. The lowest BCUT2D eigenvalue weighted by molar-refractivity contribution is -0.186. The predicted molar refractivity (Wildman–Crippen MR) is 56.8 cm³/mol. The molecule has 2 fully saturated rings. The van der Waals surface area contributed by atoms with Crippen LogP contribution in [0, 0.1) is 17.8 Å². The van der Waals surface area contributed by atoms with E-state index in [0.717, 1.165) is 12.8 Å². The van der Waals surface area contributed by atoms with Crippen molar-refractivity contribution in [1.29, 1.82) is 0 Å². The lowest BCUT2D eigenvalue weighted by atomic mass is 9.76. The summed E-state index contributed by atoms with van der Waals surface area (Å²) in [7, 11) is 0. The van der Waals surface area contributed by atoms with E-state index in [0.29, 0.717) is 18.8 Å². The van der Waals surface area contributed by atoms with Gasteiger partial charge in [0.25, 0.3) is 0 Å². The van der Waals surface area contributed by atoms with Crippen molar-refractivity contribution in [2.45, 2.75) is 57.2 Å². The molecule has 0 saturated heterocycles. The zero-order valence-electron chi connectivity index (χ0n) is 9.47. The Bertz CT molecular complexity index is 235. The number of rotatable bonds is 3. The Morgan fingerprint density at radius 1 is 1.12 bits per heavy atom. The Labute approximate surface area is 94.6 Å². The molecule has 0 aromatic heterocycles. The molecule has 0 aromatic carbocycles. The molecular weight excluding hydrogens is 215 g/mol. The molecule has 0 radical (unpaired) electrons. The maximum Gasteiger partial charge on any atom is 0.391 e. The van der Waals surface area contributed by atoms with Crippen molar-refractivity contribution in [3.63, 3.8) is 0 Å². The summed E-state index contributed by atoms with van der Waals surface area (Å²) >= 11 is 0. The summed E-state index contributed by atoms with van der Waals surface area (Å²) in [5.74, 6) is -0.293. The Morgan fingerprint density at radius 2 is 1.81 bits per heavy atom. The Morgan fingerprint density at radius 3 is 2.38 bits per heavy atom. The summed E-state index contributed by atoms with van der Waals surface area (Å²) in [4.78, 5) is 0. The van der Waals surface area contributed by atoms with Gasteiger partial charge in [0.15, 0.2) is 0 Å². The van der Waals surface area contributed by atoms with Crippen LogP contribution in [0.4, 0.5) is 13.2 Å². The number of alkyl halides is 3. The highest BCUT2D eigenvalue weighted by molar-refractivity contribution is 4.87. The van der Waals surface area contributed by atoms with Crippen molar-refractivity contribution in [2.75, 3.05) is 0 Å². The van der Waals surface area contributed by atoms with E-state index in [2.05, 4.69) is 0 Å². The first-order valence-electron chi connectivity index (χ1n) is 6.29. The van der Waals surface area contributed by atoms with E-state index in [4.69, 9.17) is 5.73 Å². The molecule has 94 valence electrons. The SMILES string of the molecule is NC(CC1CC1)C1CCCC(C(F)(F)F)C1. The maximum atomic E-state index is 12.6. The maximum absolute atomic E-state index is 12.6. The van der Waals surface area contributed by atoms with E-state index in [1.54, 1.807) is 0 Å². The quantitative estimate of drug-likeness (QED) is 0.796. The van der Waals surface area contributed by atoms with Gasteiger partial charge in [-0.15, -0.1) is 0 Å². The van der Waals surface area contributed by atoms with Crippen LogP contribution in [0.15, 0.2) is 0 Å². The van der Waals surface area contributed by atoms with Gasteiger partial charge in [0.2, 0.25) is 0 Å². The lowest BCUT2D eigenvalue weighted by Gasteiger charge is -2.33. The van der Waals surface area contributed by atoms with Crippen molar-refractivity contribution >= 4 is 0 Å². The summed E-state index contributed by atoms with van der Waals surface area (Å²) in [6, 6.07) is -0.00218. The number of halogens is 3. The van der Waals surface area contributed by atoms with Crippen LogP contribution in [-0.4, -0.2) is 12.2 Å². The van der Waals surface area contributed by atoms with Crippen molar-refractivity contribution < 1.29 is 13.2 Å². The standard InChI is InChI=1S/C12H20F3N/c13-12(14,15)10-3-1-2-9(7-10)11(16)6-8-4-5-8/h8-11H,1-7,16H2. The van der Waals surface area contributed by atoms with Gasteiger partial charge in [0.05, 0.1) is 5.92 Å². The third-order valence-corrected chi connectivity index (χ3v) is 4.09. The number of nitrogens with two attached hydrogens (primary N) is 1. The predicted octanol–water partition coefficient (Wildman–Crippen LogP) is 3.48. The van der Waals surface area contributed by atoms with Crippen LogP contribution < -0.4 is 5.73 Å². The Balaban J connectivity index is 1.85. The molecule has 2 aliphatic carbocycles. The van der Waals surface area contributed by atoms with E-state index >= 15 is 0 Å². The summed E-state index contributed by atoms with van der Waals surface area (Å²) < 4.78 is 37.8. The molecule has 0 aliphatic heterocycles. The second-order valence-electron chi connectivity index (χ2n) is 5.51. The second-order valence-corrected chi connectivity index (χ2v) is 5.51. The molecule has 0 bridgehead atoms. The van der Waals surface area contributed by atoms with Crippen LogP contribution in [0.2, 0.25) is 0 Å². The van der Waals surface area contributed by atoms with E-state index in [-0.39, 0.29) is 18.4 Å². The Kier molecular flexibility index (Phi) is 3.48. The van der Waals surface area contributed by atoms with Gasteiger partial charge in [-0.1, -0.05) is 19.3 Å². The minimum atomic E-state index is -4.02. The van der Waals surface area contributed by atoms with Crippen molar-refractivity contribution in [3.05, 3.63) is 0 Å². The molecule has 0 amide bonds. The highest BCUT2D eigenvalue weighted by atomic mass is 19.4. The third kappa shape index (κ3) is 3.12. The lowest BCUT2D eigenvalue weighted by Crippen LogP contribution is -2.37. The monoisotopic (exact) mass is 235 g/mol. The highest BCUT2D eigenvalue weighted by Crippen LogP contribution is 2.43. The van der Waals surface area contributed by atoms with Crippen LogP contribution in [0.25, 0.3) is 0 Å². The number of hydrogen-bond donors (Lipinski definition) is 1. The Hall–Kier alpha value is -0.250. The smallest absolute Gasteiger partial charge is 0.327 e. The van der Waals surface area contributed by atoms with E-state index in [1.807, 2.05) is 0 Å². The van der Waals surface area contributed by atoms with Gasteiger partial charge in [0.1, 0.15) is 0 Å². The van der Waals surface area contributed by atoms with E-state index in [9.17, 15) is 13.2 Å². The van der Waals surface area contributed by atoms with E-state index < -0.39 is 12.1 Å². The van der Waals surface area contributed by atoms with Gasteiger partial charge in [-0.25, -0.2) is 0 Å². The summed E-state index contributed by atoms with van der Waals surface area (Å²) in [6.45, 7) is 0. The minimum Gasteiger partial charge on any atom is -0.327 e. The average molecular weight is 235 g/mol. The van der Waals surface area contributed by atoms with Gasteiger partial charge < -0.3 is 5.73 Å². The first-order chi connectivity index (χ1) is 7.47. The van der Waals surface area contributed by atoms with E-state index in [1.165, 1.54) is 12.8 Å². The fourth-order valence-electron chi connectivity index (χ4n) is 2.84. The third-order valence-electron chi connectivity index (χ3n) is 4.09. The first-order valence-corrected chi connectivity index (χ1v) is 6.29. The molecule has 0 aromatic rings. The average Bonchev–Trinajstić information content (AvgIpc) is 3.00. The first kappa shape index (κ1) is 12.2. The van der Waals surface area contributed by atoms with Gasteiger partial charge in [0, 0.05) is 6.04 Å². The van der Waals surface area contributed by atoms with Gasteiger partial charge >= 0.3 is 6.18 Å². The van der Waals surface area contributed by atoms with Crippen LogP contribution >= 0.6 is 0 Å². The number of hydrogen-bond acceptors (Lipinski definition) is 1. The molecule has 2 saturated carbocycles. The molecule has 2 aliphatic rings. The van der Waals surface area contributed by atoms with Gasteiger partial charge in [-0.2, -0.15) is 13.2 Å². The fraction of sp³-hybridized carbons (Fsp3) is 1.00. The summed E-state index contributed by atoms with van der Waals surface area (Å²) in [5.41, 5.74) is 6.03. The molecule has 0 spiro atoms. The fourth-order valence-corrected chi connectivity index (χ4v) is 2.84. The van der Waals surface area contributed by atoms with Crippen molar-refractivity contribution in [2.24, 2.45) is 23.5 Å². The normalized spacial score (nSPS) is 33.8.